The van der Waals surface area contributed by atoms with Crippen LogP contribution in [-0.4, -0.2) is 85.3 Å². The van der Waals surface area contributed by atoms with E-state index >= 15 is 0 Å². The molecule has 4 rings (SSSR count). The molecule has 0 radical (unpaired) electrons. The normalized spacial score (nSPS) is 17.2. The van der Waals surface area contributed by atoms with Crippen LogP contribution in [0.1, 0.15) is 30.5 Å². The minimum atomic E-state index is -1.29. The van der Waals surface area contributed by atoms with Gasteiger partial charge in [0.2, 0.25) is 23.6 Å². The zero-order valence-corrected chi connectivity index (χ0v) is 21.6. The SMILES string of the molecule is NC(=O)CC(N)C(=O)N1CCCC1C(=O)NC(Cc1c[nH]c2ccccc12)C(=O)NC(Cc1cnc[nH]1)C(=O)O. The highest BCUT2D eigenvalue weighted by Crippen LogP contribution is 2.21. The molecule has 4 amide bonds. The van der Waals surface area contributed by atoms with E-state index in [0.717, 1.165) is 16.5 Å². The van der Waals surface area contributed by atoms with Gasteiger partial charge in [-0.05, 0) is 24.5 Å². The average molecular weight is 553 g/mol. The van der Waals surface area contributed by atoms with E-state index in [0.29, 0.717) is 18.5 Å². The minimum absolute atomic E-state index is 0.0442. The second-order valence-corrected chi connectivity index (χ2v) is 9.77. The summed E-state index contributed by atoms with van der Waals surface area (Å²) in [6, 6.07) is 2.90. The van der Waals surface area contributed by atoms with Crippen molar-refractivity contribution in [1.29, 1.82) is 0 Å². The molecule has 3 aromatic rings. The highest BCUT2D eigenvalue weighted by atomic mass is 16.4. The van der Waals surface area contributed by atoms with Crippen LogP contribution in [0.5, 0.6) is 0 Å². The lowest BCUT2D eigenvalue weighted by molar-refractivity contribution is -0.143. The van der Waals surface area contributed by atoms with Gasteiger partial charge in [0.1, 0.15) is 18.1 Å². The number of nitrogens with two attached hydrogens (primary N) is 2. The van der Waals surface area contributed by atoms with E-state index in [-0.39, 0.29) is 25.8 Å². The van der Waals surface area contributed by atoms with E-state index in [4.69, 9.17) is 11.5 Å². The summed E-state index contributed by atoms with van der Waals surface area (Å²) in [5, 5.41) is 15.8. The summed E-state index contributed by atoms with van der Waals surface area (Å²) in [5.74, 6) is -3.86. The van der Waals surface area contributed by atoms with E-state index in [1.807, 2.05) is 24.3 Å². The molecule has 1 aliphatic heterocycles. The molecule has 14 heteroatoms. The molecule has 0 bridgehead atoms. The first-order valence-corrected chi connectivity index (χ1v) is 12.8. The minimum Gasteiger partial charge on any atom is -0.480 e. The van der Waals surface area contributed by atoms with Crippen molar-refractivity contribution in [3.8, 4) is 0 Å². The quantitative estimate of drug-likeness (QED) is 0.146. The third-order valence-electron chi connectivity index (χ3n) is 6.90. The van der Waals surface area contributed by atoms with Crippen LogP contribution in [0.15, 0.2) is 43.0 Å². The van der Waals surface area contributed by atoms with Gasteiger partial charge in [0, 0.05) is 48.4 Å². The molecule has 3 heterocycles. The highest BCUT2D eigenvalue weighted by Gasteiger charge is 2.38. The Bertz CT molecular complexity index is 1390. The second-order valence-electron chi connectivity index (χ2n) is 9.77. The van der Waals surface area contributed by atoms with Crippen molar-refractivity contribution in [3.05, 3.63) is 54.2 Å². The molecule has 1 fully saturated rings. The van der Waals surface area contributed by atoms with Gasteiger partial charge in [-0.15, -0.1) is 0 Å². The summed E-state index contributed by atoms with van der Waals surface area (Å²) in [6.07, 6.45) is 5.10. The van der Waals surface area contributed by atoms with Crippen LogP contribution in [0.4, 0.5) is 0 Å². The number of benzene rings is 1. The maximum atomic E-state index is 13.5. The predicted molar refractivity (Wildman–Crippen MR) is 142 cm³/mol. The topological polar surface area (TPSA) is 229 Å². The number of likely N-dealkylation sites (tertiary alicyclic amines) is 1. The molecule has 2 aromatic heterocycles. The maximum absolute atomic E-state index is 13.5. The standard InChI is InChI=1S/C26H32N8O6/c27-17(10-22(28)35)25(38)34-7-3-6-21(34)24(37)32-19(8-14-11-30-18-5-2-1-4-16(14)18)23(36)33-20(26(39)40)9-15-12-29-13-31-15/h1-2,4-5,11-13,17,19-21,30H,3,6-10,27H2,(H2,28,35)(H,29,31)(H,32,37)(H,33,36)(H,39,40). The number of nitrogens with zero attached hydrogens (tertiary/aromatic N) is 2. The van der Waals surface area contributed by atoms with E-state index in [1.54, 1.807) is 6.20 Å². The lowest BCUT2D eigenvalue weighted by atomic mass is 10.0. The number of para-hydroxylation sites is 1. The number of hydrogen-bond acceptors (Lipinski definition) is 7. The van der Waals surface area contributed by atoms with Gasteiger partial charge in [0.05, 0.1) is 18.8 Å². The van der Waals surface area contributed by atoms with Crippen molar-refractivity contribution >= 4 is 40.5 Å². The van der Waals surface area contributed by atoms with Crippen LogP contribution in [-0.2, 0) is 36.8 Å². The third kappa shape index (κ3) is 6.64. The number of primary amides is 1. The average Bonchev–Trinajstić information content (AvgIpc) is 3.68. The van der Waals surface area contributed by atoms with Gasteiger partial charge in [-0.3, -0.25) is 19.2 Å². The van der Waals surface area contributed by atoms with Gasteiger partial charge >= 0.3 is 5.97 Å². The number of H-pyrrole nitrogens is 2. The molecule has 212 valence electrons. The van der Waals surface area contributed by atoms with E-state index in [1.165, 1.54) is 17.4 Å². The summed E-state index contributed by atoms with van der Waals surface area (Å²) in [5.41, 5.74) is 13.1. The van der Waals surface area contributed by atoms with Crippen molar-refractivity contribution in [2.75, 3.05) is 6.54 Å². The molecular weight excluding hydrogens is 520 g/mol. The number of amides is 4. The largest absolute Gasteiger partial charge is 0.480 e. The van der Waals surface area contributed by atoms with Crippen LogP contribution < -0.4 is 22.1 Å². The Kier molecular flexibility index (Phi) is 8.79. The molecule has 1 aromatic carbocycles. The molecule has 1 aliphatic rings. The molecule has 0 saturated carbocycles. The second kappa shape index (κ2) is 12.4. The number of aromatic nitrogens is 3. The van der Waals surface area contributed by atoms with Gasteiger partial charge in [-0.1, -0.05) is 18.2 Å². The smallest absolute Gasteiger partial charge is 0.326 e. The first-order valence-electron chi connectivity index (χ1n) is 12.8. The Labute approximate surface area is 228 Å². The van der Waals surface area contributed by atoms with E-state index in [2.05, 4.69) is 25.6 Å². The van der Waals surface area contributed by atoms with Gasteiger partial charge in [-0.25, -0.2) is 9.78 Å². The van der Waals surface area contributed by atoms with Gasteiger partial charge in [0.15, 0.2) is 0 Å². The number of hydrogen-bond donors (Lipinski definition) is 7. The van der Waals surface area contributed by atoms with E-state index in [9.17, 15) is 29.1 Å². The number of carboxylic acid groups (broad SMARTS) is 1. The number of rotatable bonds is 12. The fourth-order valence-electron chi connectivity index (χ4n) is 4.91. The van der Waals surface area contributed by atoms with Gasteiger partial charge in [-0.2, -0.15) is 0 Å². The number of carboxylic acids is 1. The maximum Gasteiger partial charge on any atom is 0.326 e. The lowest BCUT2D eigenvalue weighted by Crippen LogP contribution is -2.57. The van der Waals surface area contributed by atoms with Crippen molar-refractivity contribution in [2.45, 2.75) is 56.3 Å². The predicted octanol–water partition coefficient (Wildman–Crippen LogP) is -1.08. The molecule has 4 unspecified atom stereocenters. The van der Waals surface area contributed by atoms with Crippen molar-refractivity contribution in [3.63, 3.8) is 0 Å². The fraction of sp³-hybridized carbons (Fsp3) is 0.385. The number of carbonyl (C=O) groups is 5. The molecule has 0 spiro atoms. The van der Waals surface area contributed by atoms with Crippen molar-refractivity contribution in [1.82, 2.24) is 30.5 Å². The summed E-state index contributed by atoms with van der Waals surface area (Å²) in [6.45, 7) is 0.258. The Morgan fingerprint density at radius 1 is 1.10 bits per heavy atom. The number of aliphatic carboxylic acids is 1. The molecule has 9 N–H and O–H groups in total. The Morgan fingerprint density at radius 2 is 1.88 bits per heavy atom. The molecule has 40 heavy (non-hydrogen) atoms. The van der Waals surface area contributed by atoms with Gasteiger partial charge < -0.3 is 42.1 Å². The van der Waals surface area contributed by atoms with Crippen LogP contribution in [0, 0.1) is 0 Å². The summed E-state index contributed by atoms with van der Waals surface area (Å²) >= 11 is 0. The number of carbonyl (C=O) groups excluding carboxylic acids is 4. The zero-order chi connectivity index (χ0) is 28.8. The Morgan fingerprint density at radius 3 is 2.58 bits per heavy atom. The zero-order valence-electron chi connectivity index (χ0n) is 21.6. The summed E-state index contributed by atoms with van der Waals surface area (Å²) in [4.78, 5) is 74.0. The number of fused-ring (bicyclic) bond motifs is 1. The molecule has 0 aliphatic carbocycles. The highest BCUT2D eigenvalue weighted by molar-refractivity contribution is 5.96. The molecular formula is C26H32N8O6. The van der Waals surface area contributed by atoms with E-state index < -0.39 is 53.8 Å². The number of imidazole rings is 1. The number of nitrogens with one attached hydrogen (secondary N) is 4. The van der Waals surface area contributed by atoms with Crippen LogP contribution in [0.2, 0.25) is 0 Å². The number of aromatic amines is 2. The molecule has 4 atom stereocenters. The first-order chi connectivity index (χ1) is 19.1. The summed E-state index contributed by atoms with van der Waals surface area (Å²) in [7, 11) is 0. The lowest BCUT2D eigenvalue weighted by Gasteiger charge is -2.28. The Hall–Kier alpha value is -4.72. The molecule has 14 nitrogen and oxygen atoms in total. The van der Waals surface area contributed by atoms with Crippen LogP contribution >= 0.6 is 0 Å². The van der Waals surface area contributed by atoms with Crippen molar-refractivity contribution in [2.24, 2.45) is 11.5 Å². The molecule has 1 saturated heterocycles. The van der Waals surface area contributed by atoms with Crippen LogP contribution in [0.25, 0.3) is 10.9 Å². The fourth-order valence-corrected chi connectivity index (χ4v) is 4.91. The first kappa shape index (κ1) is 28.3. The van der Waals surface area contributed by atoms with Crippen molar-refractivity contribution < 1.29 is 29.1 Å². The third-order valence-corrected chi connectivity index (χ3v) is 6.90. The Balaban J connectivity index is 1.55. The van der Waals surface area contributed by atoms with Gasteiger partial charge in [0.25, 0.3) is 0 Å². The monoisotopic (exact) mass is 552 g/mol. The van der Waals surface area contributed by atoms with Crippen LogP contribution in [0.3, 0.4) is 0 Å². The summed E-state index contributed by atoms with van der Waals surface area (Å²) < 4.78 is 0.